The Morgan fingerprint density at radius 2 is 1.89 bits per heavy atom. The number of Topliss-reactive ketones (excluding diaryl/α,β-unsaturated/α-hetero) is 1. The Hall–Kier alpha value is -3.21. The lowest BCUT2D eigenvalue weighted by Crippen LogP contribution is -1.95. The Morgan fingerprint density at radius 3 is 2.52 bits per heavy atom. The molecular weight excluding hydrogens is 338 g/mol. The van der Waals surface area contributed by atoms with Crippen LogP contribution < -0.4 is 0 Å². The Kier molecular flexibility index (Phi) is 5.50. The molecule has 2 aromatic carbocycles. The lowest BCUT2D eigenvalue weighted by atomic mass is 10.1. The number of nitrogens with zero attached hydrogens (tertiary/aromatic N) is 2. The highest BCUT2D eigenvalue weighted by Gasteiger charge is 2.11. The van der Waals surface area contributed by atoms with E-state index >= 15 is 0 Å². The zero-order chi connectivity index (χ0) is 19.4. The van der Waals surface area contributed by atoms with Gasteiger partial charge in [-0.1, -0.05) is 36.8 Å². The number of hydrogen-bond acceptors (Lipinski definition) is 4. The summed E-state index contributed by atoms with van der Waals surface area (Å²) >= 11 is 0. The predicted octanol–water partition coefficient (Wildman–Crippen LogP) is 5.42. The lowest BCUT2D eigenvalue weighted by molar-refractivity contribution is 0.0983. The van der Waals surface area contributed by atoms with Gasteiger partial charge in [0.15, 0.2) is 11.4 Å². The zero-order valence-electron chi connectivity index (χ0n) is 16.0. The molecule has 5 nitrogen and oxygen atoms in total. The number of nitrogens with one attached hydrogen (secondary N) is 1. The number of aromatic amines is 1. The number of ketones is 1. The average molecular weight is 361 g/mol. The molecule has 0 fully saturated rings. The molecule has 0 saturated carbocycles. The fourth-order valence-electron chi connectivity index (χ4n) is 2.86. The molecule has 0 spiro atoms. The quantitative estimate of drug-likeness (QED) is 0.494. The van der Waals surface area contributed by atoms with Gasteiger partial charge in [-0.2, -0.15) is 5.10 Å². The van der Waals surface area contributed by atoms with Gasteiger partial charge in [-0.25, -0.2) is 4.98 Å². The van der Waals surface area contributed by atoms with E-state index in [1.807, 2.05) is 32.0 Å². The number of aromatic nitrogens is 3. The number of aryl methyl sites for hydroxylation is 3. The normalized spacial score (nSPS) is 10.5. The zero-order valence-corrected chi connectivity index (χ0v) is 16.0. The summed E-state index contributed by atoms with van der Waals surface area (Å²) in [6.45, 7) is 8.04. The second kappa shape index (κ2) is 7.99. The van der Waals surface area contributed by atoms with E-state index in [9.17, 15) is 4.79 Å². The summed E-state index contributed by atoms with van der Waals surface area (Å²) in [5.41, 5.74) is 7.03. The summed E-state index contributed by atoms with van der Waals surface area (Å²) in [4.78, 5) is 15.4. The lowest BCUT2D eigenvalue weighted by Gasteiger charge is -2.02. The van der Waals surface area contributed by atoms with E-state index < -0.39 is 0 Å². The van der Waals surface area contributed by atoms with Gasteiger partial charge in [-0.15, -0.1) is 0 Å². The van der Waals surface area contributed by atoms with Crippen LogP contribution in [-0.2, 0) is 0 Å². The highest BCUT2D eigenvalue weighted by Crippen LogP contribution is 2.28. The summed E-state index contributed by atoms with van der Waals surface area (Å²) in [7, 11) is 0. The second-order valence-electron chi connectivity index (χ2n) is 6.51. The van der Waals surface area contributed by atoms with Crippen molar-refractivity contribution in [1.29, 1.82) is 0 Å². The van der Waals surface area contributed by atoms with Gasteiger partial charge in [-0.05, 0) is 50.1 Å². The molecule has 2 aromatic heterocycles. The number of fused-ring (bicyclic) bond motifs is 1. The van der Waals surface area contributed by atoms with E-state index in [1.165, 1.54) is 11.1 Å². The molecule has 1 N–H and O–H groups in total. The number of para-hydroxylation sites is 1. The van der Waals surface area contributed by atoms with Gasteiger partial charge in [0.2, 0.25) is 5.89 Å². The maximum atomic E-state index is 10.8. The van der Waals surface area contributed by atoms with Gasteiger partial charge >= 0.3 is 0 Å². The van der Waals surface area contributed by atoms with Crippen molar-refractivity contribution in [2.24, 2.45) is 0 Å². The highest BCUT2D eigenvalue weighted by atomic mass is 16.3. The molecular formula is C22H23N3O2. The minimum Gasteiger partial charge on any atom is -0.436 e. The van der Waals surface area contributed by atoms with Gasteiger partial charge < -0.3 is 4.42 Å². The molecule has 0 unspecified atom stereocenters. The SMILES string of the molecule is CCC(=O)c1ccn[nH]1.Cc1ccc(-c2nc3cccc(C)c3o2)c(C)c1. The van der Waals surface area contributed by atoms with Gasteiger partial charge in [0, 0.05) is 18.2 Å². The number of rotatable bonds is 3. The average Bonchev–Trinajstić information content (AvgIpc) is 3.32. The van der Waals surface area contributed by atoms with Crippen molar-refractivity contribution in [1.82, 2.24) is 15.2 Å². The molecule has 0 aliphatic carbocycles. The molecule has 0 amide bonds. The fourth-order valence-corrected chi connectivity index (χ4v) is 2.86. The van der Waals surface area contributed by atoms with Gasteiger partial charge in [0.05, 0.1) is 0 Å². The van der Waals surface area contributed by atoms with Gasteiger partial charge in [0.25, 0.3) is 0 Å². The Bertz CT molecular complexity index is 1060. The third kappa shape index (κ3) is 4.14. The smallest absolute Gasteiger partial charge is 0.227 e. The molecule has 0 aliphatic rings. The molecule has 0 atom stereocenters. The number of carbonyl (C=O) groups excluding carboxylic acids is 1. The third-order valence-electron chi connectivity index (χ3n) is 4.35. The van der Waals surface area contributed by atoms with E-state index in [-0.39, 0.29) is 5.78 Å². The standard InChI is InChI=1S/C16H15NO.C6H8N2O/c1-10-7-8-13(12(3)9-10)16-17-14-6-4-5-11(2)15(14)18-16;1-2-6(9)5-3-4-7-8-5/h4-9H,1-3H3;3-4H,2H2,1H3,(H,7,8). The largest absolute Gasteiger partial charge is 0.436 e. The third-order valence-corrected chi connectivity index (χ3v) is 4.35. The van der Waals surface area contributed by atoms with Crippen molar-refractivity contribution >= 4 is 16.9 Å². The first kappa shape index (κ1) is 18.6. The number of benzene rings is 2. The monoisotopic (exact) mass is 361 g/mol. The van der Waals surface area contributed by atoms with Crippen LogP contribution in [0.1, 0.15) is 40.5 Å². The van der Waals surface area contributed by atoms with Crippen LogP contribution in [0.15, 0.2) is 53.1 Å². The number of oxazole rings is 1. The van der Waals surface area contributed by atoms with Crippen molar-refractivity contribution in [3.63, 3.8) is 0 Å². The second-order valence-corrected chi connectivity index (χ2v) is 6.51. The van der Waals surface area contributed by atoms with Crippen molar-refractivity contribution in [3.8, 4) is 11.5 Å². The van der Waals surface area contributed by atoms with E-state index in [1.54, 1.807) is 12.3 Å². The number of carbonyl (C=O) groups is 1. The molecule has 27 heavy (non-hydrogen) atoms. The highest BCUT2D eigenvalue weighted by molar-refractivity contribution is 5.93. The van der Waals surface area contributed by atoms with Crippen LogP contribution in [0.3, 0.4) is 0 Å². The van der Waals surface area contributed by atoms with Gasteiger partial charge in [-0.3, -0.25) is 9.89 Å². The molecule has 4 rings (SSSR count). The fraction of sp³-hybridized carbons (Fsp3) is 0.227. The minimum absolute atomic E-state index is 0.104. The maximum Gasteiger partial charge on any atom is 0.227 e. The van der Waals surface area contributed by atoms with Crippen LogP contribution in [0.2, 0.25) is 0 Å². The van der Waals surface area contributed by atoms with Crippen LogP contribution in [0.25, 0.3) is 22.6 Å². The molecule has 0 aliphatic heterocycles. The molecule has 2 heterocycles. The molecule has 5 heteroatoms. The molecule has 138 valence electrons. The summed E-state index contributed by atoms with van der Waals surface area (Å²) in [6.07, 6.45) is 2.10. The maximum absolute atomic E-state index is 10.8. The van der Waals surface area contributed by atoms with E-state index in [0.717, 1.165) is 22.2 Å². The summed E-state index contributed by atoms with van der Waals surface area (Å²) in [5.74, 6) is 0.810. The minimum atomic E-state index is 0.104. The molecule has 0 bridgehead atoms. The first-order valence-electron chi connectivity index (χ1n) is 8.96. The number of hydrogen-bond donors (Lipinski definition) is 1. The molecule has 4 aromatic rings. The Morgan fingerprint density at radius 1 is 1.07 bits per heavy atom. The molecule has 0 saturated heterocycles. The first-order valence-corrected chi connectivity index (χ1v) is 8.96. The van der Waals surface area contributed by atoms with Crippen LogP contribution in [0.4, 0.5) is 0 Å². The molecule has 0 radical (unpaired) electrons. The number of H-pyrrole nitrogens is 1. The Labute approximate surface area is 158 Å². The van der Waals surface area contributed by atoms with E-state index in [0.29, 0.717) is 18.0 Å². The summed E-state index contributed by atoms with van der Waals surface area (Å²) in [6, 6.07) is 14.0. The first-order chi connectivity index (χ1) is 13.0. The summed E-state index contributed by atoms with van der Waals surface area (Å²) in [5, 5.41) is 6.23. The van der Waals surface area contributed by atoms with Gasteiger partial charge in [0.1, 0.15) is 11.2 Å². The van der Waals surface area contributed by atoms with Crippen molar-refractivity contribution in [2.75, 3.05) is 0 Å². The van der Waals surface area contributed by atoms with Crippen LogP contribution in [-0.4, -0.2) is 21.0 Å². The van der Waals surface area contributed by atoms with E-state index in [2.05, 4.69) is 47.2 Å². The predicted molar refractivity (Wildman–Crippen MR) is 107 cm³/mol. The van der Waals surface area contributed by atoms with Crippen LogP contribution in [0, 0.1) is 20.8 Å². The van der Waals surface area contributed by atoms with E-state index in [4.69, 9.17) is 4.42 Å². The van der Waals surface area contributed by atoms with Crippen LogP contribution in [0.5, 0.6) is 0 Å². The van der Waals surface area contributed by atoms with Crippen molar-refractivity contribution < 1.29 is 9.21 Å². The van der Waals surface area contributed by atoms with Crippen LogP contribution >= 0.6 is 0 Å². The Balaban J connectivity index is 0.000000197. The van der Waals surface area contributed by atoms with Crippen molar-refractivity contribution in [2.45, 2.75) is 34.1 Å². The van der Waals surface area contributed by atoms with Crippen molar-refractivity contribution in [3.05, 3.63) is 71.0 Å². The summed E-state index contributed by atoms with van der Waals surface area (Å²) < 4.78 is 5.89. The topological polar surface area (TPSA) is 71.8 Å².